The molecule has 0 saturated carbocycles. The number of hydrogen-bond acceptors (Lipinski definition) is 8. The minimum Gasteiger partial charge on any atom is -0.505 e. The van der Waals surface area contributed by atoms with Gasteiger partial charge in [-0.25, -0.2) is 9.78 Å². The average molecular weight is 415 g/mol. The maximum atomic E-state index is 12.3. The number of nitrogens with zero attached hydrogens (tertiary/aromatic N) is 1. The van der Waals surface area contributed by atoms with Crippen LogP contribution in [0.2, 0.25) is 0 Å². The summed E-state index contributed by atoms with van der Waals surface area (Å²) in [4.78, 5) is 40.3. The Labute approximate surface area is 169 Å². The van der Waals surface area contributed by atoms with Crippen molar-refractivity contribution in [2.45, 2.75) is 13.3 Å². The Morgan fingerprint density at radius 1 is 1.21 bits per heavy atom. The molecule has 2 amide bonds. The van der Waals surface area contributed by atoms with Gasteiger partial charge >= 0.3 is 5.97 Å². The molecule has 10 heteroatoms. The van der Waals surface area contributed by atoms with Crippen molar-refractivity contribution >= 4 is 39.9 Å². The Balaban J connectivity index is 1.63. The Morgan fingerprint density at radius 2 is 2.00 bits per heavy atom. The number of aromatic hydroxyl groups is 1. The molecule has 0 bridgehead atoms. The minimum atomic E-state index is -0.716. The second kappa shape index (κ2) is 8.57. The van der Waals surface area contributed by atoms with Crippen molar-refractivity contribution in [2.75, 3.05) is 17.7 Å². The van der Waals surface area contributed by atoms with Gasteiger partial charge in [-0.3, -0.25) is 14.9 Å². The first-order chi connectivity index (χ1) is 13.9. The number of carbonyl (C=O) groups excluding carboxylic acids is 3. The van der Waals surface area contributed by atoms with Crippen LogP contribution in [0.4, 0.5) is 10.8 Å². The van der Waals surface area contributed by atoms with E-state index in [1.54, 1.807) is 18.4 Å². The first-order valence-corrected chi connectivity index (χ1v) is 9.27. The molecule has 1 aromatic carbocycles. The van der Waals surface area contributed by atoms with E-state index >= 15 is 0 Å². The number of benzene rings is 1. The number of amides is 2. The molecule has 0 atom stereocenters. The van der Waals surface area contributed by atoms with Gasteiger partial charge in [-0.1, -0.05) is 6.07 Å². The summed E-state index contributed by atoms with van der Waals surface area (Å²) in [6.45, 7) is 1.68. The van der Waals surface area contributed by atoms with E-state index in [4.69, 9.17) is 4.42 Å². The fraction of sp³-hybridized carbons (Fsp3) is 0.158. The molecular weight excluding hydrogens is 398 g/mol. The zero-order chi connectivity index (χ0) is 21.0. The number of phenolic OH excluding ortho intramolecular Hbond substituents is 1. The molecule has 0 saturated heterocycles. The predicted molar refractivity (Wildman–Crippen MR) is 105 cm³/mol. The number of furan rings is 1. The van der Waals surface area contributed by atoms with Crippen LogP contribution in [-0.4, -0.2) is 35.0 Å². The molecule has 3 rings (SSSR count). The SMILES string of the molecule is COC(=O)c1cccc(NC(=O)Cc2csc(NC(=O)c3ccoc3C)n2)c1O. The smallest absolute Gasteiger partial charge is 0.341 e. The predicted octanol–water partition coefficient (Wildman–Crippen LogP) is 2.97. The molecule has 0 spiro atoms. The van der Waals surface area contributed by atoms with Crippen molar-refractivity contribution in [3.63, 3.8) is 0 Å². The number of nitrogens with one attached hydrogen (secondary N) is 2. The molecule has 0 aliphatic heterocycles. The van der Waals surface area contributed by atoms with Crippen molar-refractivity contribution in [3.05, 3.63) is 58.5 Å². The largest absolute Gasteiger partial charge is 0.505 e. The number of anilines is 2. The maximum Gasteiger partial charge on any atom is 0.341 e. The highest BCUT2D eigenvalue weighted by atomic mass is 32.1. The number of esters is 1. The summed E-state index contributed by atoms with van der Waals surface area (Å²) in [6.07, 6.45) is 1.34. The van der Waals surface area contributed by atoms with Crippen LogP contribution in [0.5, 0.6) is 5.75 Å². The Bertz CT molecular complexity index is 1070. The molecule has 2 aromatic heterocycles. The van der Waals surface area contributed by atoms with Crippen molar-refractivity contribution in [1.29, 1.82) is 0 Å². The van der Waals surface area contributed by atoms with Gasteiger partial charge in [0.05, 0.1) is 36.7 Å². The van der Waals surface area contributed by atoms with Crippen molar-refractivity contribution in [3.8, 4) is 5.75 Å². The van der Waals surface area contributed by atoms with E-state index in [0.717, 1.165) is 0 Å². The highest BCUT2D eigenvalue weighted by molar-refractivity contribution is 7.14. The van der Waals surface area contributed by atoms with Crippen molar-refractivity contribution in [2.24, 2.45) is 0 Å². The summed E-state index contributed by atoms with van der Waals surface area (Å²) in [7, 11) is 1.19. The lowest BCUT2D eigenvalue weighted by Gasteiger charge is -2.09. The highest BCUT2D eigenvalue weighted by Gasteiger charge is 2.17. The van der Waals surface area contributed by atoms with Crippen LogP contribution in [0.25, 0.3) is 0 Å². The number of methoxy groups -OCH3 is 1. The van der Waals surface area contributed by atoms with Crippen molar-refractivity contribution < 1.29 is 28.6 Å². The van der Waals surface area contributed by atoms with Crippen LogP contribution < -0.4 is 10.6 Å². The van der Waals surface area contributed by atoms with Gasteiger partial charge < -0.3 is 19.6 Å². The van der Waals surface area contributed by atoms with Gasteiger partial charge in [-0.15, -0.1) is 11.3 Å². The first-order valence-electron chi connectivity index (χ1n) is 8.39. The lowest BCUT2D eigenvalue weighted by molar-refractivity contribution is -0.115. The summed E-state index contributed by atoms with van der Waals surface area (Å²) < 4.78 is 9.68. The Morgan fingerprint density at radius 3 is 2.69 bits per heavy atom. The van der Waals surface area contributed by atoms with Crippen molar-refractivity contribution in [1.82, 2.24) is 4.98 Å². The van der Waals surface area contributed by atoms with Crippen LogP contribution in [0, 0.1) is 6.92 Å². The standard InChI is InChI=1S/C19H17N3O6S/c1-10-12(6-7-28-10)17(25)22-19-20-11(9-29-19)8-15(23)21-14-5-3-4-13(16(14)24)18(26)27-2/h3-7,9,24H,8H2,1-2H3,(H,21,23)(H,20,22,25). The average Bonchev–Trinajstić information content (AvgIpc) is 3.31. The van der Waals surface area contributed by atoms with Gasteiger partial charge in [-0.05, 0) is 25.1 Å². The lowest BCUT2D eigenvalue weighted by atomic mass is 10.1. The van der Waals surface area contributed by atoms with Gasteiger partial charge in [0.15, 0.2) is 10.9 Å². The summed E-state index contributed by atoms with van der Waals surface area (Å²) in [5, 5.41) is 17.3. The number of carbonyl (C=O) groups is 3. The van der Waals surface area contributed by atoms with Crippen LogP contribution in [0.1, 0.15) is 32.2 Å². The van der Waals surface area contributed by atoms with Crippen LogP contribution in [0.3, 0.4) is 0 Å². The van der Waals surface area contributed by atoms with E-state index in [2.05, 4.69) is 20.4 Å². The van der Waals surface area contributed by atoms with Gasteiger partial charge in [0.2, 0.25) is 5.91 Å². The third kappa shape index (κ3) is 4.61. The first kappa shape index (κ1) is 20.1. The Hall–Kier alpha value is -3.66. The number of thiazole rings is 1. The number of phenols is 1. The molecular formula is C19H17N3O6S. The number of ether oxygens (including phenoxy) is 1. The summed E-state index contributed by atoms with van der Waals surface area (Å²) in [5.74, 6) is -1.41. The topological polar surface area (TPSA) is 131 Å². The molecule has 0 unspecified atom stereocenters. The number of aromatic nitrogens is 1. The zero-order valence-electron chi connectivity index (χ0n) is 15.5. The van der Waals surface area contributed by atoms with E-state index in [-0.39, 0.29) is 29.3 Å². The van der Waals surface area contributed by atoms with E-state index in [0.29, 0.717) is 22.1 Å². The van der Waals surface area contributed by atoms with Gasteiger partial charge in [0, 0.05) is 5.38 Å². The Kier molecular flexibility index (Phi) is 5.93. The maximum absolute atomic E-state index is 12.3. The minimum absolute atomic E-state index is 0.0569. The number of para-hydroxylation sites is 1. The quantitative estimate of drug-likeness (QED) is 0.417. The third-order valence-electron chi connectivity index (χ3n) is 3.93. The summed E-state index contributed by atoms with van der Waals surface area (Å²) in [6, 6.07) is 5.91. The van der Waals surface area contributed by atoms with Gasteiger partial charge in [0.25, 0.3) is 5.91 Å². The molecule has 150 valence electrons. The molecule has 9 nitrogen and oxygen atoms in total. The number of rotatable bonds is 6. The molecule has 2 heterocycles. The monoisotopic (exact) mass is 415 g/mol. The molecule has 0 aliphatic rings. The second-order valence-electron chi connectivity index (χ2n) is 5.91. The zero-order valence-corrected chi connectivity index (χ0v) is 16.3. The van der Waals surface area contributed by atoms with E-state index in [1.807, 2.05) is 0 Å². The van der Waals surface area contributed by atoms with Gasteiger partial charge in [-0.2, -0.15) is 0 Å². The number of hydrogen-bond donors (Lipinski definition) is 3. The van der Waals surface area contributed by atoms with Crippen LogP contribution in [0.15, 0.2) is 40.3 Å². The lowest BCUT2D eigenvalue weighted by Crippen LogP contribution is -2.16. The van der Waals surface area contributed by atoms with Crippen LogP contribution in [-0.2, 0) is 16.0 Å². The normalized spacial score (nSPS) is 10.4. The van der Waals surface area contributed by atoms with Gasteiger partial charge in [0.1, 0.15) is 11.3 Å². The molecule has 3 aromatic rings. The molecule has 0 fully saturated rings. The fourth-order valence-corrected chi connectivity index (χ4v) is 3.21. The summed E-state index contributed by atoms with van der Waals surface area (Å²) in [5.41, 5.74) is 0.867. The molecule has 0 radical (unpaired) electrons. The summed E-state index contributed by atoms with van der Waals surface area (Å²) >= 11 is 1.18. The highest BCUT2D eigenvalue weighted by Crippen LogP contribution is 2.28. The van der Waals surface area contributed by atoms with E-state index in [1.165, 1.54) is 42.9 Å². The number of aryl methyl sites for hydroxylation is 1. The third-order valence-corrected chi connectivity index (χ3v) is 4.74. The van der Waals surface area contributed by atoms with E-state index in [9.17, 15) is 19.5 Å². The molecule has 3 N–H and O–H groups in total. The molecule has 29 heavy (non-hydrogen) atoms. The van der Waals surface area contributed by atoms with E-state index < -0.39 is 11.9 Å². The molecule has 0 aliphatic carbocycles. The fourth-order valence-electron chi connectivity index (χ4n) is 2.51. The van der Waals surface area contributed by atoms with Crippen LogP contribution >= 0.6 is 11.3 Å². The second-order valence-corrected chi connectivity index (χ2v) is 6.76.